The van der Waals surface area contributed by atoms with E-state index in [2.05, 4.69) is 0 Å². The van der Waals surface area contributed by atoms with Crippen molar-refractivity contribution in [1.29, 1.82) is 0 Å². The van der Waals surface area contributed by atoms with E-state index in [1.165, 1.54) is 0 Å². The van der Waals surface area contributed by atoms with Gasteiger partial charge in [-0.1, -0.05) is 29.8 Å². The maximum absolute atomic E-state index is 13.8. The second-order valence-corrected chi connectivity index (χ2v) is 8.79. The molecule has 36 heavy (non-hydrogen) atoms. The molecule has 0 aliphatic carbocycles. The van der Waals surface area contributed by atoms with Gasteiger partial charge in [0.1, 0.15) is 11.3 Å². The van der Waals surface area contributed by atoms with Crippen LogP contribution >= 0.6 is 0 Å². The molecule has 7 nitrogen and oxygen atoms in total. The van der Waals surface area contributed by atoms with E-state index < -0.39 is 6.04 Å². The van der Waals surface area contributed by atoms with Gasteiger partial charge < -0.3 is 23.5 Å². The van der Waals surface area contributed by atoms with Crippen LogP contribution in [-0.4, -0.2) is 38.7 Å². The third-order valence-electron chi connectivity index (χ3n) is 6.64. The van der Waals surface area contributed by atoms with Crippen LogP contribution in [0.4, 0.5) is 0 Å². The van der Waals surface area contributed by atoms with Crippen LogP contribution < -0.4 is 19.6 Å². The SMILES string of the molecule is COc1ccc(CCN2C(=O)c3oc4ccc(C)cc4c(=O)c3[C@H]2c2ccc(OC)c(OC)c2)cc1. The van der Waals surface area contributed by atoms with Gasteiger partial charge in [-0.25, -0.2) is 0 Å². The third-order valence-corrected chi connectivity index (χ3v) is 6.64. The first-order chi connectivity index (χ1) is 17.4. The van der Waals surface area contributed by atoms with Crippen LogP contribution in [0.2, 0.25) is 0 Å². The molecule has 3 aromatic carbocycles. The predicted molar refractivity (Wildman–Crippen MR) is 136 cm³/mol. The topological polar surface area (TPSA) is 78.2 Å². The third kappa shape index (κ3) is 3.96. The zero-order valence-electron chi connectivity index (χ0n) is 20.7. The monoisotopic (exact) mass is 485 g/mol. The quantitative estimate of drug-likeness (QED) is 0.370. The standard InChI is InChI=1S/C29H27NO6/c1-17-5-11-22-21(15-17)27(31)25-26(19-8-12-23(34-3)24(16-19)35-4)30(29(32)28(25)36-22)14-13-18-6-9-20(33-2)10-7-18/h5-12,15-16,26H,13-14H2,1-4H3/t26-/m1/s1. The second kappa shape index (κ2) is 9.41. The highest BCUT2D eigenvalue weighted by molar-refractivity contribution is 5.99. The maximum Gasteiger partial charge on any atom is 0.290 e. The molecular formula is C29H27NO6. The molecular weight excluding hydrogens is 458 g/mol. The van der Waals surface area contributed by atoms with Gasteiger partial charge in [-0.15, -0.1) is 0 Å². The number of ether oxygens (including phenoxy) is 3. The van der Waals surface area contributed by atoms with E-state index in [0.29, 0.717) is 41.0 Å². The van der Waals surface area contributed by atoms with Gasteiger partial charge in [0.15, 0.2) is 16.9 Å². The Morgan fingerprint density at radius 2 is 1.61 bits per heavy atom. The van der Waals surface area contributed by atoms with E-state index in [4.69, 9.17) is 18.6 Å². The molecule has 184 valence electrons. The smallest absolute Gasteiger partial charge is 0.290 e. The van der Waals surface area contributed by atoms with Gasteiger partial charge in [-0.2, -0.15) is 0 Å². The first kappa shape index (κ1) is 23.5. The minimum absolute atomic E-state index is 0.0888. The van der Waals surface area contributed by atoms with Crippen LogP contribution in [0.1, 0.15) is 38.9 Å². The highest BCUT2D eigenvalue weighted by Crippen LogP contribution is 2.41. The molecule has 1 atom stereocenters. The lowest BCUT2D eigenvalue weighted by Crippen LogP contribution is -2.31. The van der Waals surface area contributed by atoms with E-state index in [1.54, 1.807) is 44.4 Å². The van der Waals surface area contributed by atoms with E-state index in [9.17, 15) is 9.59 Å². The fraction of sp³-hybridized carbons (Fsp3) is 0.241. The van der Waals surface area contributed by atoms with Gasteiger partial charge >= 0.3 is 0 Å². The summed E-state index contributed by atoms with van der Waals surface area (Å²) in [5.41, 5.74) is 3.29. The van der Waals surface area contributed by atoms with Crippen molar-refractivity contribution >= 4 is 16.9 Å². The number of fused-ring (bicyclic) bond motifs is 2. The van der Waals surface area contributed by atoms with Crippen LogP contribution in [-0.2, 0) is 6.42 Å². The average molecular weight is 486 g/mol. The number of hydrogen-bond acceptors (Lipinski definition) is 6. The first-order valence-corrected chi connectivity index (χ1v) is 11.7. The zero-order chi connectivity index (χ0) is 25.4. The summed E-state index contributed by atoms with van der Waals surface area (Å²) < 4.78 is 22.2. The Bertz CT molecular complexity index is 1510. The zero-order valence-corrected chi connectivity index (χ0v) is 20.7. The predicted octanol–water partition coefficient (Wildman–Crippen LogP) is 4.92. The Labute approximate surface area is 208 Å². The van der Waals surface area contributed by atoms with Crippen LogP contribution in [0.5, 0.6) is 17.2 Å². The Balaban J connectivity index is 1.63. The molecule has 0 saturated heterocycles. The second-order valence-electron chi connectivity index (χ2n) is 8.79. The van der Waals surface area contributed by atoms with E-state index >= 15 is 0 Å². The number of benzene rings is 3. The number of methoxy groups -OCH3 is 3. The van der Waals surface area contributed by atoms with E-state index in [-0.39, 0.29) is 17.1 Å². The van der Waals surface area contributed by atoms with Crippen LogP contribution in [0.25, 0.3) is 11.0 Å². The molecule has 1 amide bonds. The summed E-state index contributed by atoms with van der Waals surface area (Å²) in [6.07, 6.45) is 0.598. The Morgan fingerprint density at radius 1 is 0.861 bits per heavy atom. The summed E-state index contributed by atoms with van der Waals surface area (Å²) in [6, 6.07) is 18.0. The molecule has 7 heteroatoms. The molecule has 0 saturated carbocycles. The van der Waals surface area contributed by atoms with Gasteiger partial charge in [0.25, 0.3) is 5.91 Å². The Morgan fingerprint density at radius 3 is 2.31 bits per heavy atom. The van der Waals surface area contributed by atoms with Crippen LogP contribution in [0, 0.1) is 6.92 Å². The lowest BCUT2D eigenvalue weighted by molar-refractivity contribution is 0.0730. The summed E-state index contributed by atoms with van der Waals surface area (Å²) in [4.78, 5) is 29.1. The summed E-state index contributed by atoms with van der Waals surface area (Å²) in [5, 5.41) is 0.462. The number of nitrogens with zero attached hydrogens (tertiary/aromatic N) is 1. The molecule has 1 aromatic heterocycles. The van der Waals surface area contributed by atoms with Crippen molar-refractivity contribution in [3.05, 3.63) is 98.9 Å². The number of carbonyl (C=O) groups is 1. The molecule has 1 aliphatic rings. The van der Waals surface area contributed by atoms with Crippen molar-refractivity contribution in [2.45, 2.75) is 19.4 Å². The fourth-order valence-corrected chi connectivity index (χ4v) is 4.78. The van der Waals surface area contributed by atoms with Crippen molar-refractivity contribution in [2.24, 2.45) is 0 Å². The maximum atomic E-state index is 13.8. The van der Waals surface area contributed by atoms with Gasteiger partial charge in [0.2, 0.25) is 5.76 Å². The first-order valence-electron chi connectivity index (χ1n) is 11.7. The number of amides is 1. The Hall–Kier alpha value is -4.26. The van der Waals surface area contributed by atoms with Crippen molar-refractivity contribution in [3.8, 4) is 17.2 Å². The molecule has 0 radical (unpaired) electrons. The lowest BCUT2D eigenvalue weighted by Gasteiger charge is -2.26. The van der Waals surface area contributed by atoms with Gasteiger partial charge in [-0.05, 0) is 60.9 Å². The van der Waals surface area contributed by atoms with Gasteiger partial charge in [0, 0.05) is 6.54 Å². The van der Waals surface area contributed by atoms with Gasteiger partial charge in [-0.3, -0.25) is 9.59 Å². The fourth-order valence-electron chi connectivity index (χ4n) is 4.78. The highest BCUT2D eigenvalue weighted by atomic mass is 16.5. The van der Waals surface area contributed by atoms with Crippen molar-refractivity contribution in [1.82, 2.24) is 4.90 Å². The molecule has 5 rings (SSSR count). The number of hydrogen-bond donors (Lipinski definition) is 0. The summed E-state index contributed by atoms with van der Waals surface area (Å²) >= 11 is 0. The van der Waals surface area contributed by atoms with Crippen molar-refractivity contribution in [3.63, 3.8) is 0 Å². The molecule has 4 aromatic rings. The minimum Gasteiger partial charge on any atom is -0.497 e. The number of rotatable bonds is 7. The summed E-state index contributed by atoms with van der Waals surface area (Å²) in [5.74, 6) is 1.64. The Kier molecular flexibility index (Phi) is 6.14. The number of carbonyl (C=O) groups excluding carboxylic acids is 1. The molecule has 2 heterocycles. The van der Waals surface area contributed by atoms with Gasteiger partial charge in [0.05, 0.1) is 38.3 Å². The van der Waals surface area contributed by atoms with Crippen molar-refractivity contribution in [2.75, 3.05) is 27.9 Å². The molecule has 0 unspecified atom stereocenters. The normalized spacial score (nSPS) is 14.7. The number of aryl methyl sites for hydroxylation is 1. The van der Waals surface area contributed by atoms with Crippen molar-refractivity contribution < 1.29 is 23.4 Å². The molecule has 1 aliphatic heterocycles. The summed E-state index contributed by atoms with van der Waals surface area (Å²) in [6.45, 7) is 2.31. The molecule has 0 spiro atoms. The van der Waals surface area contributed by atoms with Crippen LogP contribution in [0.3, 0.4) is 0 Å². The molecule has 0 bridgehead atoms. The highest BCUT2D eigenvalue weighted by Gasteiger charge is 2.42. The lowest BCUT2D eigenvalue weighted by atomic mass is 9.97. The average Bonchev–Trinajstić information content (AvgIpc) is 3.19. The van der Waals surface area contributed by atoms with E-state index in [0.717, 1.165) is 22.4 Å². The van der Waals surface area contributed by atoms with Crippen LogP contribution in [0.15, 0.2) is 69.9 Å². The minimum atomic E-state index is -0.619. The van der Waals surface area contributed by atoms with E-state index in [1.807, 2.05) is 49.4 Å². The molecule has 0 fully saturated rings. The molecule has 0 N–H and O–H groups in total. The largest absolute Gasteiger partial charge is 0.497 e. The summed E-state index contributed by atoms with van der Waals surface area (Å²) in [7, 11) is 4.75.